The van der Waals surface area contributed by atoms with Gasteiger partial charge in [0.2, 0.25) is 11.7 Å². The fraction of sp³-hybridized carbons (Fsp3) is 0.250. The number of benzene rings is 3. The van der Waals surface area contributed by atoms with Crippen LogP contribution in [0.4, 0.5) is 32.0 Å². The van der Waals surface area contributed by atoms with Crippen molar-refractivity contribution in [2.75, 3.05) is 5.32 Å². The molecule has 1 aliphatic carbocycles. The van der Waals surface area contributed by atoms with Crippen LogP contribution in [0.2, 0.25) is 15.1 Å². The summed E-state index contributed by atoms with van der Waals surface area (Å²) in [6, 6.07) is 9.60. The second-order valence-corrected chi connectivity index (χ2v) is 12.3. The summed E-state index contributed by atoms with van der Waals surface area (Å²) < 4.78 is 79.7. The number of anilines is 1. The van der Waals surface area contributed by atoms with Gasteiger partial charge in [-0.05, 0) is 47.5 Å². The molecule has 0 aromatic heterocycles. The summed E-state index contributed by atoms with van der Waals surface area (Å²) >= 11 is 30.8. The number of amides is 1. The number of alkyl halides is 6. The molecule has 0 spiro atoms. The van der Waals surface area contributed by atoms with E-state index in [2.05, 4.69) is 5.32 Å². The highest BCUT2D eigenvalue weighted by Gasteiger charge is 2.67. The van der Waals surface area contributed by atoms with Crippen molar-refractivity contribution in [3.63, 3.8) is 0 Å². The van der Waals surface area contributed by atoms with Crippen molar-refractivity contribution in [1.29, 1.82) is 0 Å². The normalized spacial score (nSPS) is 17.6. The Balaban J connectivity index is 1.52. The predicted molar refractivity (Wildman–Crippen MR) is 151 cm³/mol. The van der Waals surface area contributed by atoms with Crippen LogP contribution in [0.5, 0.6) is 0 Å². The first kappa shape index (κ1) is 33.4. The molecule has 15 heteroatoms. The zero-order valence-electron chi connectivity index (χ0n) is 21.1. The summed E-state index contributed by atoms with van der Waals surface area (Å²) in [5.41, 5.74) is -1.39. The van der Waals surface area contributed by atoms with Gasteiger partial charge >= 0.3 is 12.3 Å². The van der Waals surface area contributed by atoms with Gasteiger partial charge in [-0.3, -0.25) is 14.4 Å². The molecule has 0 saturated heterocycles. The lowest BCUT2D eigenvalue weighted by molar-refractivity contribution is -0.166. The van der Waals surface area contributed by atoms with Gasteiger partial charge in [0.25, 0.3) is 0 Å². The number of carbonyl (C=O) groups excluding carboxylic acids is 3. The average Bonchev–Trinajstić information content (AvgIpc) is 3.52. The first-order valence-corrected chi connectivity index (χ1v) is 14.0. The maximum atomic E-state index is 15.0. The van der Waals surface area contributed by atoms with E-state index in [1.807, 2.05) is 0 Å². The minimum atomic E-state index is -5.05. The van der Waals surface area contributed by atoms with Crippen LogP contribution in [0.15, 0.2) is 48.5 Å². The Morgan fingerprint density at radius 1 is 0.884 bits per heavy atom. The van der Waals surface area contributed by atoms with Crippen molar-refractivity contribution in [2.24, 2.45) is 5.92 Å². The number of ketones is 2. The smallest absolute Gasteiger partial charge is 0.326 e. The number of rotatable bonds is 10. The molecule has 1 amide bonds. The van der Waals surface area contributed by atoms with Gasteiger partial charge in [-0.2, -0.15) is 8.78 Å². The molecule has 0 bridgehead atoms. The minimum Gasteiger partial charge on any atom is -0.326 e. The number of hydrogen-bond donors (Lipinski definition) is 1. The molecule has 0 unspecified atom stereocenters. The van der Waals surface area contributed by atoms with E-state index in [9.17, 15) is 40.7 Å². The monoisotopic (exact) mass is 703 g/mol. The predicted octanol–water partition coefficient (Wildman–Crippen LogP) is 8.89. The molecule has 0 radical (unpaired) electrons. The van der Waals surface area contributed by atoms with Crippen LogP contribution in [0, 0.1) is 17.6 Å². The molecule has 1 N–H and O–H groups in total. The third kappa shape index (κ3) is 6.78. The van der Waals surface area contributed by atoms with Crippen LogP contribution in [0.3, 0.4) is 0 Å². The Morgan fingerprint density at radius 3 is 2.16 bits per heavy atom. The zero-order chi connectivity index (χ0) is 32.0. The average molecular weight is 706 g/mol. The molecule has 3 aromatic carbocycles. The molecule has 4 rings (SSSR count). The van der Waals surface area contributed by atoms with E-state index in [1.54, 1.807) is 6.07 Å². The third-order valence-electron chi connectivity index (χ3n) is 6.77. The summed E-state index contributed by atoms with van der Waals surface area (Å²) in [4.78, 5) is 37.7. The Labute approximate surface area is 265 Å². The zero-order valence-corrected chi connectivity index (χ0v) is 24.9. The van der Waals surface area contributed by atoms with Crippen LogP contribution in [0.1, 0.15) is 33.0 Å². The van der Waals surface area contributed by atoms with E-state index < -0.39 is 81.6 Å². The number of carbonyl (C=O) groups is 3. The van der Waals surface area contributed by atoms with Crippen LogP contribution in [-0.2, 0) is 22.4 Å². The number of nitrogens with one attached hydrogen (secondary N) is 1. The fourth-order valence-electron chi connectivity index (χ4n) is 4.42. The van der Waals surface area contributed by atoms with Gasteiger partial charge in [-0.25, -0.2) is 17.6 Å². The van der Waals surface area contributed by atoms with Gasteiger partial charge in [-0.15, -0.1) is 23.2 Å². The van der Waals surface area contributed by atoms with Crippen LogP contribution in [-0.4, -0.2) is 34.2 Å². The van der Waals surface area contributed by atoms with Crippen molar-refractivity contribution >= 4 is 81.2 Å². The summed E-state index contributed by atoms with van der Waals surface area (Å²) in [5.74, 6) is -13.3. The van der Waals surface area contributed by atoms with E-state index in [4.69, 9.17) is 58.0 Å². The lowest BCUT2D eigenvalue weighted by Gasteiger charge is -2.15. The van der Waals surface area contributed by atoms with Crippen LogP contribution < -0.4 is 5.32 Å². The molecule has 4 nitrogen and oxygen atoms in total. The lowest BCUT2D eigenvalue weighted by atomic mass is 9.97. The maximum Gasteiger partial charge on any atom is 0.364 e. The van der Waals surface area contributed by atoms with Crippen molar-refractivity contribution in [3.8, 4) is 0 Å². The molecular formula is C28H16Cl5F6NO3. The topological polar surface area (TPSA) is 63.2 Å². The van der Waals surface area contributed by atoms with Gasteiger partial charge in [-0.1, -0.05) is 46.9 Å². The standard InChI is InChI=1S/C28H16Cl5F6NO3/c29-16-5-3-13(40-25(43)23-22(27(23,32)33)11-1-4-17(30)18(31)7-11)9-14(16)20(41)10-15-19(34)6-2-12(24(15)35)8-21(42)28(38,39)26(36)37/h1-7,9,22-23,26H,8,10H2,(H,40,43)/t22-,23+/m0/s1. The summed E-state index contributed by atoms with van der Waals surface area (Å²) in [7, 11) is 0. The van der Waals surface area contributed by atoms with Crippen LogP contribution >= 0.6 is 58.0 Å². The van der Waals surface area contributed by atoms with E-state index in [-0.39, 0.29) is 26.3 Å². The molecule has 1 saturated carbocycles. The largest absolute Gasteiger partial charge is 0.364 e. The van der Waals surface area contributed by atoms with Gasteiger partial charge in [0.05, 0.1) is 21.0 Å². The number of Topliss-reactive ketones (excluding diaryl/α,β-unsaturated/α-hetero) is 2. The lowest BCUT2D eigenvalue weighted by Crippen LogP contribution is -2.37. The van der Waals surface area contributed by atoms with E-state index in [0.29, 0.717) is 17.7 Å². The van der Waals surface area contributed by atoms with E-state index >= 15 is 0 Å². The molecule has 0 heterocycles. The molecule has 2 atom stereocenters. The highest BCUT2D eigenvalue weighted by Crippen LogP contribution is 2.65. The SMILES string of the molecule is O=C(Cc1c(F)ccc(CC(=O)C(F)(F)C(F)F)c1F)c1cc(NC(=O)[C@H]2[C@H](c3ccc(Cl)c(Cl)c3)C2(Cl)Cl)ccc1Cl. The minimum absolute atomic E-state index is 0.0520. The second kappa shape index (κ2) is 12.5. The Kier molecular flexibility index (Phi) is 9.69. The van der Waals surface area contributed by atoms with Crippen molar-refractivity contribution in [3.05, 3.63) is 97.5 Å². The molecule has 1 aliphatic rings. The second-order valence-electron chi connectivity index (χ2n) is 9.61. The summed E-state index contributed by atoms with van der Waals surface area (Å²) in [5, 5.41) is 2.91. The number of halogens is 11. The van der Waals surface area contributed by atoms with Crippen LogP contribution in [0.25, 0.3) is 0 Å². The van der Waals surface area contributed by atoms with Crippen molar-refractivity contribution < 1.29 is 40.7 Å². The quantitative estimate of drug-likeness (QED) is 0.130. The van der Waals surface area contributed by atoms with Gasteiger partial charge in [0.1, 0.15) is 16.0 Å². The van der Waals surface area contributed by atoms with E-state index in [1.165, 1.54) is 24.3 Å². The fourth-order valence-corrected chi connectivity index (χ4v) is 5.78. The van der Waals surface area contributed by atoms with Crippen molar-refractivity contribution in [1.82, 2.24) is 0 Å². The van der Waals surface area contributed by atoms with Gasteiger partial charge < -0.3 is 5.32 Å². The molecule has 0 aliphatic heterocycles. The number of hydrogen-bond acceptors (Lipinski definition) is 3. The molecule has 228 valence electrons. The first-order valence-electron chi connectivity index (χ1n) is 12.1. The Hall–Kier alpha value is -2.50. The molecule has 43 heavy (non-hydrogen) atoms. The first-order chi connectivity index (χ1) is 20.0. The highest BCUT2D eigenvalue weighted by atomic mass is 35.5. The summed E-state index contributed by atoms with van der Waals surface area (Å²) in [6.45, 7) is 0. The molecule has 1 fully saturated rings. The third-order valence-corrected chi connectivity index (χ3v) is 8.78. The summed E-state index contributed by atoms with van der Waals surface area (Å²) in [6.07, 6.45) is -6.79. The highest BCUT2D eigenvalue weighted by molar-refractivity contribution is 6.53. The van der Waals surface area contributed by atoms with E-state index in [0.717, 1.165) is 6.07 Å². The Morgan fingerprint density at radius 2 is 1.53 bits per heavy atom. The van der Waals surface area contributed by atoms with Gasteiger partial charge in [0.15, 0.2) is 5.78 Å². The Bertz CT molecular complexity index is 1630. The van der Waals surface area contributed by atoms with Crippen molar-refractivity contribution in [2.45, 2.75) is 35.4 Å². The molecular weight excluding hydrogens is 690 g/mol. The maximum absolute atomic E-state index is 15.0. The van der Waals surface area contributed by atoms with Gasteiger partial charge in [0, 0.05) is 35.6 Å². The molecule has 3 aromatic rings.